The lowest BCUT2D eigenvalue weighted by Crippen LogP contribution is -2.34. The Morgan fingerprint density at radius 1 is 0.914 bits per heavy atom. The molecule has 0 unspecified atom stereocenters. The van der Waals surface area contributed by atoms with Crippen LogP contribution in [0.4, 0.5) is 5.88 Å². The van der Waals surface area contributed by atoms with Gasteiger partial charge in [0.05, 0.1) is 23.8 Å². The third kappa shape index (κ3) is 5.24. The zero-order valence-corrected chi connectivity index (χ0v) is 20.5. The van der Waals surface area contributed by atoms with Crippen LogP contribution in [0.1, 0.15) is 11.3 Å². The second kappa shape index (κ2) is 10.8. The number of benzene rings is 2. The molecule has 4 rings (SSSR count). The number of hydrogen-bond donors (Lipinski definition) is 0. The van der Waals surface area contributed by atoms with Crippen LogP contribution in [0.15, 0.2) is 76.7 Å². The molecular formula is C25H26N4O5S. The molecule has 0 N–H and O–H groups in total. The fraction of sp³-hybridized carbons (Fsp3) is 0.240. The molecule has 9 nitrogen and oxygen atoms in total. The van der Waals surface area contributed by atoms with Crippen molar-refractivity contribution in [3.8, 4) is 22.3 Å². The number of hydrogen-bond acceptors (Lipinski definition) is 8. The standard InChI is InChI=1S/C25H26N4O5S/c1-18-19(2)28-34-25(18)29(17-33-13-12-32-3)35(30,31)24-7-5-4-6-23(24)21-10-8-20(9-11-21)22-14-26-16-27-15-22/h4-11,14-16H,12-13,17H2,1-3H3. The van der Waals surface area contributed by atoms with Gasteiger partial charge in [-0.1, -0.05) is 47.6 Å². The molecule has 0 amide bonds. The van der Waals surface area contributed by atoms with Gasteiger partial charge >= 0.3 is 0 Å². The van der Waals surface area contributed by atoms with E-state index in [1.54, 1.807) is 57.6 Å². The molecule has 0 aliphatic carbocycles. The van der Waals surface area contributed by atoms with Crippen LogP contribution < -0.4 is 4.31 Å². The van der Waals surface area contributed by atoms with E-state index in [4.69, 9.17) is 14.0 Å². The predicted octanol–water partition coefficient (Wildman–Crippen LogP) is 4.23. The van der Waals surface area contributed by atoms with Gasteiger partial charge in [0.25, 0.3) is 10.0 Å². The third-order valence-electron chi connectivity index (χ3n) is 5.54. The number of aryl methyl sites for hydroxylation is 1. The second-order valence-electron chi connectivity index (χ2n) is 7.78. The Kier molecular flexibility index (Phi) is 7.54. The summed E-state index contributed by atoms with van der Waals surface area (Å²) in [6.07, 6.45) is 4.93. The minimum Gasteiger partial charge on any atom is -0.382 e. The Hall–Kier alpha value is -3.60. The number of ether oxygens (including phenoxy) is 2. The average molecular weight is 495 g/mol. The molecule has 2 aromatic heterocycles. The number of methoxy groups -OCH3 is 1. The van der Waals surface area contributed by atoms with Crippen molar-refractivity contribution >= 4 is 15.9 Å². The van der Waals surface area contributed by atoms with Gasteiger partial charge < -0.3 is 14.0 Å². The first-order valence-corrected chi connectivity index (χ1v) is 12.3. The van der Waals surface area contributed by atoms with Gasteiger partial charge in [0, 0.05) is 36.2 Å². The van der Waals surface area contributed by atoms with Gasteiger partial charge in [0.1, 0.15) is 13.1 Å². The van der Waals surface area contributed by atoms with E-state index in [1.165, 1.54) is 6.33 Å². The summed E-state index contributed by atoms with van der Waals surface area (Å²) in [5.74, 6) is 0.120. The Labute approximate surface area is 204 Å². The van der Waals surface area contributed by atoms with Crippen molar-refractivity contribution in [3.05, 3.63) is 78.5 Å². The normalized spacial score (nSPS) is 11.5. The molecule has 0 bridgehead atoms. The van der Waals surface area contributed by atoms with Crippen molar-refractivity contribution in [2.75, 3.05) is 31.4 Å². The smallest absolute Gasteiger partial charge is 0.269 e. The van der Waals surface area contributed by atoms with Gasteiger partial charge in [-0.25, -0.2) is 22.7 Å². The van der Waals surface area contributed by atoms with E-state index in [2.05, 4.69) is 15.1 Å². The number of aromatic nitrogens is 3. The first-order chi connectivity index (χ1) is 16.9. The van der Waals surface area contributed by atoms with E-state index in [-0.39, 0.29) is 24.1 Å². The summed E-state index contributed by atoms with van der Waals surface area (Å²) in [7, 11) is -2.53. The maximum Gasteiger partial charge on any atom is 0.269 e. The van der Waals surface area contributed by atoms with E-state index in [0.29, 0.717) is 23.4 Å². The lowest BCUT2D eigenvalue weighted by atomic mass is 10.0. The Morgan fingerprint density at radius 3 is 2.26 bits per heavy atom. The first-order valence-electron chi connectivity index (χ1n) is 10.9. The van der Waals surface area contributed by atoms with Crippen LogP contribution in [0.5, 0.6) is 0 Å². The fourth-order valence-electron chi connectivity index (χ4n) is 3.50. The highest BCUT2D eigenvalue weighted by molar-refractivity contribution is 7.93. The lowest BCUT2D eigenvalue weighted by molar-refractivity contribution is 0.0744. The van der Waals surface area contributed by atoms with Gasteiger partial charge in [0.15, 0.2) is 0 Å². The zero-order valence-electron chi connectivity index (χ0n) is 19.7. The van der Waals surface area contributed by atoms with Crippen LogP contribution in [-0.2, 0) is 19.5 Å². The molecular weight excluding hydrogens is 468 g/mol. The molecule has 0 aliphatic rings. The Balaban J connectivity index is 1.73. The predicted molar refractivity (Wildman–Crippen MR) is 131 cm³/mol. The maximum absolute atomic E-state index is 14.0. The highest BCUT2D eigenvalue weighted by atomic mass is 32.2. The quantitative estimate of drug-likeness (QED) is 0.238. The number of rotatable bonds is 10. The van der Waals surface area contributed by atoms with Crippen LogP contribution in [0.25, 0.3) is 22.3 Å². The van der Waals surface area contributed by atoms with Crippen LogP contribution >= 0.6 is 0 Å². The second-order valence-corrected chi connectivity index (χ2v) is 9.61. The summed E-state index contributed by atoms with van der Waals surface area (Å²) in [5.41, 5.74) is 4.32. The molecule has 2 heterocycles. The summed E-state index contributed by atoms with van der Waals surface area (Å²) in [4.78, 5) is 8.23. The topological polar surface area (TPSA) is 108 Å². The summed E-state index contributed by atoms with van der Waals surface area (Å²) in [5, 5.41) is 3.94. The number of anilines is 1. The van der Waals surface area contributed by atoms with Crippen molar-refractivity contribution in [3.63, 3.8) is 0 Å². The van der Waals surface area contributed by atoms with Gasteiger partial charge in [-0.2, -0.15) is 0 Å². The van der Waals surface area contributed by atoms with Crippen LogP contribution in [0, 0.1) is 13.8 Å². The molecule has 0 saturated heterocycles. The molecule has 0 radical (unpaired) electrons. The van der Waals surface area contributed by atoms with Crippen molar-refractivity contribution in [2.24, 2.45) is 0 Å². The zero-order chi connectivity index (χ0) is 24.8. The lowest BCUT2D eigenvalue weighted by Gasteiger charge is -2.23. The molecule has 0 spiro atoms. The largest absolute Gasteiger partial charge is 0.382 e. The maximum atomic E-state index is 14.0. The van der Waals surface area contributed by atoms with Crippen LogP contribution in [-0.4, -0.2) is 50.6 Å². The minimum atomic E-state index is -4.08. The van der Waals surface area contributed by atoms with Gasteiger partial charge in [-0.05, 0) is 31.0 Å². The van der Waals surface area contributed by atoms with Crippen LogP contribution in [0.2, 0.25) is 0 Å². The summed E-state index contributed by atoms with van der Waals surface area (Å²) in [6, 6.07) is 14.4. The van der Waals surface area contributed by atoms with Crippen molar-refractivity contribution in [1.82, 2.24) is 15.1 Å². The fourth-order valence-corrected chi connectivity index (χ4v) is 5.06. The van der Waals surface area contributed by atoms with E-state index in [1.807, 2.05) is 24.3 Å². The molecule has 10 heteroatoms. The first kappa shape index (κ1) is 24.5. The highest BCUT2D eigenvalue weighted by Gasteiger charge is 2.32. The molecule has 0 saturated carbocycles. The van der Waals surface area contributed by atoms with Crippen molar-refractivity contribution in [2.45, 2.75) is 18.7 Å². The third-order valence-corrected chi connectivity index (χ3v) is 7.31. The monoisotopic (exact) mass is 494 g/mol. The van der Waals surface area contributed by atoms with Crippen LogP contribution in [0.3, 0.4) is 0 Å². The van der Waals surface area contributed by atoms with E-state index >= 15 is 0 Å². The average Bonchev–Trinajstić information content (AvgIpc) is 3.22. The van der Waals surface area contributed by atoms with Gasteiger partial charge in [-0.3, -0.25) is 0 Å². The van der Waals surface area contributed by atoms with Crippen molar-refractivity contribution < 1.29 is 22.4 Å². The Bertz CT molecular complexity index is 1370. The summed E-state index contributed by atoms with van der Waals surface area (Å²) in [6.45, 7) is 3.82. The van der Waals surface area contributed by atoms with E-state index < -0.39 is 10.0 Å². The Morgan fingerprint density at radius 2 is 1.60 bits per heavy atom. The van der Waals surface area contributed by atoms with E-state index in [0.717, 1.165) is 21.0 Å². The van der Waals surface area contributed by atoms with Gasteiger partial charge in [0.2, 0.25) is 5.88 Å². The molecule has 182 valence electrons. The van der Waals surface area contributed by atoms with Gasteiger partial charge in [-0.15, -0.1) is 0 Å². The molecule has 2 aromatic carbocycles. The molecule has 4 aromatic rings. The van der Waals surface area contributed by atoms with Crippen molar-refractivity contribution in [1.29, 1.82) is 0 Å². The summed E-state index contributed by atoms with van der Waals surface area (Å²) >= 11 is 0. The molecule has 0 aliphatic heterocycles. The highest BCUT2D eigenvalue weighted by Crippen LogP contribution is 2.34. The van der Waals surface area contributed by atoms with E-state index in [9.17, 15) is 8.42 Å². The number of sulfonamides is 1. The molecule has 0 atom stereocenters. The molecule has 0 fully saturated rings. The number of nitrogens with zero attached hydrogens (tertiary/aromatic N) is 4. The minimum absolute atomic E-state index is 0.120. The molecule has 35 heavy (non-hydrogen) atoms. The SMILES string of the molecule is COCCOCN(c1onc(C)c1C)S(=O)(=O)c1ccccc1-c1ccc(-c2cncnc2)cc1. The summed E-state index contributed by atoms with van der Waals surface area (Å²) < 4.78 is 45.0.